The van der Waals surface area contributed by atoms with E-state index in [-0.39, 0.29) is 6.54 Å². The third-order valence-corrected chi connectivity index (χ3v) is 5.82. The fourth-order valence-corrected chi connectivity index (χ4v) is 3.59. The van der Waals surface area contributed by atoms with Crippen molar-refractivity contribution < 1.29 is 35.1 Å². The summed E-state index contributed by atoms with van der Waals surface area (Å²) in [6.45, 7) is 1.53. The monoisotopic (exact) mass is 463 g/mol. The number of carbonyl (C=O) groups is 1. The minimum absolute atomic E-state index is 0.270. The zero-order chi connectivity index (χ0) is 24.2. The van der Waals surface area contributed by atoms with E-state index in [1.54, 1.807) is 0 Å². The molecule has 4 atom stereocenters. The number of aliphatic hydroxyl groups is 5. The molecule has 0 spiro atoms. The van der Waals surface area contributed by atoms with Crippen LogP contribution >= 0.6 is 0 Å². The van der Waals surface area contributed by atoms with Gasteiger partial charge in [-0.25, -0.2) is 4.79 Å². The SMILES string of the molecule is CCCCCCCCCCCCCCCCOC(=O)N(C)C[C@H](O)[C@@H](O)[C@H](O)[C@H](O)CO. The van der Waals surface area contributed by atoms with Gasteiger partial charge in [0.15, 0.2) is 0 Å². The van der Waals surface area contributed by atoms with Gasteiger partial charge in [0.2, 0.25) is 0 Å². The summed E-state index contributed by atoms with van der Waals surface area (Å²) in [5.41, 5.74) is 0. The lowest BCUT2D eigenvalue weighted by molar-refractivity contribution is -0.117. The van der Waals surface area contributed by atoms with Crippen molar-refractivity contribution in [2.24, 2.45) is 0 Å². The summed E-state index contributed by atoms with van der Waals surface area (Å²) in [7, 11) is 1.42. The van der Waals surface area contributed by atoms with Crippen LogP contribution in [0.3, 0.4) is 0 Å². The van der Waals surface area contributed by atoms with E-state index in [0.29, 0.717) is 6.61 Å². The van der Waals surface area contributed by atoms with E-state index in [9.17, 15) is 25.2 Å². The predicted molar refractivity (Wildman–Crippen MR) is 125 cm³/mol. The highest BCUT2D eigenvalue weighted by Gasteiger charge is 2.31. The fourth-order valence-electron chi connectivity index (χ4n) is 3.59. The molecule has 0 aliphatic heterocycles. The van der Waals surface area contributed by atoms with E-state index in [1.165, 1.54) is 77.7 Å². The van der Waals surface area contributed by atoms with E-state index in [1.807, 2.05) is 0 Å². The first-order chi connectivity index (χ1) is 15.3. The van der Waals surface area contributed by atoms with Crippen molar-refractivity contribution in [3.8, 4) is 0 Å². The molecule has 0 aromatic rings. The molecule has 5 N–H and O–H groups in total. The Morgan fingerprint density at radius 1 is 0.719 bits per heavy atom. The summed E-state index contributed by atoms with van der Waals surface area (Å²) in [6, 6.07) is 0. The Kier molecular flexibility index (Phi) is 20.1. The van der Waals surface area contributed by atoms with Crippen LogP contribution in [0.2, 0.25) is 0 Å². The number of likely N-dealkylation sites (N-methyl/N-ethyl adjacent to an activating group) is 1. The molecule has 8 heteroatoms. The highest BCUT2D eigenvalue weighted by atomic mass is 16.6. The van der Waals surface area contributed by atoms with Gasteiger partial charge in [-0.3, -0.25) is 0 Å². The molecule has 0 saturated carbocycles. The van der Waals surface area contributed by atoms with Crippen LogP contribution in [0.1, 0.15) is 96.8 Å². The maximum absolute atomic E-state index is 12.0. The van der Waals surface area contributed by atoms with Crippen LogP contribution in [-0.4, -0.2) is 87.7 Å². The molecule has 0 aliphatic rings. The number of amides is 1. The summed E-state index contributed by atoms with van der Waals surface area (Å²) in [4.78, 5) is 13.1. The van der Waals surface area contributed by atoms with E-state index >= 15 is 0 Å². The second-order valence-electron chi connectivity index (χ2n) is 8.89. The van der Waals surface area contributed by atoms with Crippen molar-refractivity contribution in [2.45, 2.75) is 121 Å². The predicted octanol–water partition coefficient (Wildman–Crippen LogP) is 2.97. The summed E-state index contributed by atoms with van der Waals surface area (Å²) < 4.78 is 5.16. The van der Waals surface area contributed by atoms with E-state index < -0.39 is 37.1 Å². The maximum atomic E-state index is 12.0. The molecule has 0 saturated heterocycles. The van der Waals surface area contributed by atoms with Gasteiger partial charge in [0.1, 0.15) is 24.4 Å². The zero-order valence-corrected chi connectivity index (χ0v) is 20.3. The molecule has 0 unspecified atom stereocenters. The van der Waals surface area contributed by atoms with Gasteiger partial charge in [-0.2, -0.15) is 0 Å². The number of hydrogen-bond donors (Lipinski definition) is 5. The normalized spacial score (nSPS) is 15.2. The molecule has 0 aromatic carbocycles. The summed E-state index contributed by atoms with van der Waals surface area (Å²) in [6.07, 6.45) is 10.4. The van der Waals surface area contributed by atoms with E-state index in [2.05, 4.69) is 6.92 Å². The fraction of sp³-hybridized carbons (Fsp3) is 0.958. The molecule has 0 aromatic heterocycles. The van der Waals surface area contributed by atoms with Crippen LogP contribution < -0.4 is 0 Å². The number of unbranched alkanes of at least 4 members (excludes halogenated alkanes) is 13. The van der Waals surface area contributed by atoms with Crippen LogP contribution in [0.4, 0.5) is 4.79 Å². The van der Waals surface area contributed by atoms with E-state index in [4.69, 9.17) is 9.84 Å². The standard InChI is InChI=1S/C24H49NO7/c1-3-4-5-6-7-8-9-10-11-12-13-14-15-16-17-32-24(31)25(2)18-20(27)22(29)23(30)21(28)19-26/h20-23,26-30H,3-19H2,1-2H3/t20-,21+,22+,23+/m0/s1. The van der Waals surface area contributed by atoms with Crippen LogP contribution in [0, 0.1) is 0 Å². The van der Waals surface area contributed by atoms with Crippen LogP contribution in [-0.2, 0) is 4.74 Å². The Hall–Kier alpha value is -0.930. The highest BCUT2D eigenvalue weighted by molar-refractivity contribution is 5.67. The van der Waals surface area contributed by atoms with Gasteiger partial charge in [0, 0.05) is 7.05 Å². The summed E-state index contributed by atoms with van der Waals surface area (Å²) in [5, 5.41) is 47.4. The van der Waals surface area contributed by atoms with Crippen LogP contribution in [0.15, 0.2) is 0 Å². The van der Waals surface area contributed by atoms with Crippen LogP contribution in [0.25, 0.3) is 0 Å². The molecule has 32 heavy (non-hydrogen) atoms. The van der Waals surface area contributed by atoms with Crippen molar-refractivity contribution in [3.05, 3.63) is 0 Å². The Morgan fingerprint density at radius 2 is 1.12 bits per heavy atom. The number of hydrogen-bond acceptors (Lipinski definition) is 7. The molecule has 0 radical (unpaired) electrons. The average molecular weight is 464 g/mol. The molecule has 0 aliphatic carbocycles. The maximum Gasteiger partial charge on any atom is 0.409 e. The Labute approximate surface area is 194 Å². The minimum Gasteiger partial charge on any atom is -0.449 e. The second kappa shape index (κ2) is 20.7. The molecule has 0 fully saturated rings. The van der Waals surface area contributed by atoms with Crippen molar-refractivity contribution in [3.63, 3.8) is 0 Å². The molecular weight excluding hydrogens is 414 g/mol. The Bertz CT molecular complexity index is 439. The number of aliphatic hydroxyl groups excluding tert-OH is 5. The molecule has 8 nitrogen and oxygen atoms in total. The van der Waals surface area contributed by atoms with Gasteiger partial charge >= 0.3 is 6.09 Å². The van der Waals surface area contributed by atoms with Gasteiger partial charge < -0.3 is 35.2 Å². The lowest BCUT2D eigenvalue weighted by atomic mass is 10.0. The Morgan fingerprint density at radius 3 is 1.56 bits per heavy atom. The number of nitrogens with zero attached hydrogens (tertiary/aromatic N) is 1. The molecule has 0 bridgehead atoms. The second-order valence-corrected chi connectivity index (χ2v) is 8.89. The zero-order valence-electron chi connectivity index (χ0n) is 20.3. The highest BCUT2D eigenvalue weighted by Crippen LogP contribution is 2.13. The smallest absolute Gasteiger partial charge is 0.409 e. The van der Waals surface area contributed by atoms with E-state index in [0.717, 1.165) is 24.2 Å². The average Bonchev–Trinajstić information content (AvgIpc) is 2.79. The molecule has 0 heterocycles. The summed E-state index contributed by atoms with van der Waals surface area (Å²) >= 11 is 0. The van der Waals surface area contributed by atoms with Crippen molar-refractivity contribution >= 4 is 6.09 Å². The first-order valence-electron chi connectivity index (χ1n) is 12.6. The van der Waals surface area contributed by atoms with Gasteiger partial charge in [0.05, 0.1) is 19.8 Å². The van der Waals surface area contributed by atoms with Gasteiger partial charge in [0.25, 0.3) is 0 Å². The van der Waals surface area contributed by atoms with Gasteiger partial charge in [-0.1, -0.05) is 90.4 Å². The van der Waals surface area contributed by atoms with Crippen molar-refractivity contribution in [1.82, 2.24) is 4.90 Å². The lowest BCUT2D eigenvalue weighted by Gasteiger charge is -2.28. The number of carbonyl (C=O) groups excluding carboxylic acids is 1. The third-order valence-electron chi connectivity index (χ3n) is 5.82. The summed E-state index contributed by atoms with van der Waals surface area (Å²) in [5.74, 6) is 0. The van der Waals surface area contributed by atoms with Gasteiger partial charge in [-0.05, 0) is 6.42 Å². The van der Waals surface area contributed by atoms with Gasteiger partial charge in [-0.15, -0.1) is 0 Å². The number of ether oxygens (including phenoxy) is 1. The molecule has 192 valence electrons. The Balaban J connectivity index is 3.62. The largest absolute Gasteiger partial charge is 0.449 e. The number of rotatable bonds is 21. The molecular formula is C24H49NO7. The first-order valence-corrected chi connectivity index (χ1v) is 12.6. The molecule has 0 rings (SSSR count). The lowest BCUT2D eigenvalue weighted by Crippen LogP contribution is -2.50. The molecule has 1 amide bonds. The van der Waals surface area contributed by atoms with Crippen LogP contribution in [0.5, 0.6) is 0 Å². The van der Waals surface area contributed by atoms with Crippen molar-refractivity contribution in [2.75, 3.05) is 26.8 Å². The first kappa shape index (κ1) is 31.1. The topological polar surface area (TPSA) is 131 Å². The van der Waals surface area contributed by atoms with Crippen molar-refractivity contribution in [1.29, 1.82) is 0 Å². The third kappa shape index (κ3) is 15.8. The minimum atomic E-state index is -1.71. The quantitative estimate of drug-likeness (QED) is 0.165.